The largest absolute Gasteiger partial charge is 0.497 e. The maximum atomic E-state index is 12.3. The zero-order chi connectivity index (χ0) is 14.5. The Balaban J connectivity index is 2.25. The number of benzene rings is 1. The van der Waals surface area contributed by atoms with E-state index in [1.807, 2.05) is 6.07 Å². The van der Waals surface area contributed by atoms with E-state index in [1.165, 1.54) is 11.1 Å². The molecular formula is C15H13N3O2. The van der Waals surface area contributed by atoms with Gasteiger partial charge in [0, 0.05) is 18.8 Å². The average molecular weight is 267 g/mol. The highest BCUT2D eigenvalue weighted by molar-refractivity contribution is 6.05. The molecule has 0 aliphatic heterocycles. The van der Waals surface area contributed by atoms with Gasteiger partial charge in [0.25, 0.3) is 5.91 Å². The van der Waals surface area contributed by atoms with Crippen LogP contribution >= 0.6 is 0 Å². The van der Waals surface area contributed by atoms with Crippen LogP contribution in [0.3, 0.4) is 0 Å². The molecule has 0 N–H and O–H groups in total. The van der Waals surface area contributed by atoms with E-state index in [2.05, 4.69) is 4.98 Å². The van der Waals surface area contributed by atoms with Crippen LogP contribution in [0.25, 0.3) is 0 Å². The molecule has 5 nitrogen and oxygen atoms in total. The summed E-state index contributed by atoms with van der Waals surface area (Å²) in [4.78, 5) is 17.8. The third-order valence-corrected chi connectivity index (χ3v) is 2.84. The molecule has 0 radical (unpaired) electrons. The van der Waals surface area contributed by atoms with Gasteiger partial charge in [-0.2, -0.15) is 5.26 Å². The number of rotatable bonds is 3. The lowest BCUT2D eigenvalue weighted by Gasteiger charge is -2.16. The highest BCUT2D eigenvalue weighted by Crippen LogP contribution is 2.17. The molecule has 1 heterocycles. The normalized spacial score (nSPS) is 9.65. The molecule has 5 heteroatoms. The predicted molar refractivity (Wildman–Crippen MR) is 74.7 cm³/mol. The number of nitrogens with zero attached hydrogens (tertiary/aromatic N) is 3. The summed E-state index contributed by atoms with van der Waals surface area (Å²) in [5.41, 5.74) is 0.967. The van der Waals surface area contributed by atoms with Gasteiger partial charge in [-0.1, -0.05) is 6.07 Å². The fraction of sp³-hybridized carbons (Fsp3) is 0.133. The summed E-state index contributed by atoms with van der Waals surface area (Å²) in [7, 11) is 3.19. The minimum absolute atomic E-state index is 0.193. The van der Waals surface area contributed by atoms with Gasteiger partial charge in [0.15, 0.2) is 0 Å². The van der Waals surface area contributed by atoms with Crippen LogP contribution in [-0.2, 0) is 0 Å². The summed E-state index contributed by atoms with van der Waals surface area (Å²) in [5.74, 6) is 0.912. The number of pyridine rings is 1. The number of carbonyl (C=O) groups is 1. The van der Waals surface area contributed by atoms with Crippen molar-refractivity contribution >= 4 is 11.7 Å². The van der Waals surface area contributed by atoms with Gasteiger partial charge in [-0.25, -0.2) is 4.98 Å². The summed E-state index contributed by atoms with van der Waals surface area (Å²) >= 11 is 0. The Morgan fingerprint density at radius 3 is 2.75 bits per heavy atom. The van der Waals surface area contributed by atoms with E-state index in [1.54, 1.807) is 50.6 Å². The van der Waals surface area contributed by atoms with Crippen molar-refractivity contribution < 1.29 is 9.53 Å². The van der Waals surface area contributed by atoms with Gasteiger partial charge in [0.2, 0.25) is 0 Å². The topological polar surface area (TPSA) is 66.2 Å². The van der Waals surface area contributed by atoms with E-state index in [9.17, 15) is 4.79 Å². The molecule has 2 aromatic rings. The van der Waals surface area contributed by atoms with Crippen molar-refractivity contribution in [3.8, 4) is 11.8 Å². The smallest absolute Gasteiger partial charge is 0.259 e. The number of hydrogen-bond acceptors (Lipinski definition) is 4. The fourth-order valence-electron chi connectivity index (χ4n) is 1.70. The van der Waals surface area contributed by atoms with Crippen LogP contribution in [0.2, 0.25) is 0 Å². The number of ether oxygens (including phenoxy) is 1. The van der Waals surface area contributed by atoms with Crippen LogP contribution in [0.1, 0.15) is 15.9 Å². The zero-order valence-electron chi connectivity index (χ0n) is 11.2. The Labute approximate surface area is 117 Å². The predicted octanol–water partition coefficient (Wildman–Crippen LogP) is 2.24. The SMILES string of the molecule is COc1cccc(C(=O)N(C)c2ccc(C#N)cn2)c1. The van der Waals surface area contributed by atoms with Gasteiger partial charge in [-0.05, 0) is 30.3 Å². The quantitative estimate of drug-likeness (QED) is 0.855. The van der Waals surface area contributed by atoms with Gasteiger partial charge >= 0.3 is 0 Å². The first-order chi connectivity index (χ1) is 9.65. The Bertz CT molecular complexity index is 660. The average Bonchev–Trinajstić information content (AvgIpc) is 2.53. The first kappa shape index (κ1) is 13.6. The third kappa shape index (κ3) is 2.75. The summed E-state index contributed by atoms with van der Waals surface area (Å²) in [5, 5.41) is 8.73. The van der Waals surface area contributed by atoms with Crippen LogP contribution in [0.15, 0.2) is 42.6 Å². The van der Waals surface area contributed by atoms with E-state index in [0.29, 0.717) is 22.7 Å². The van der Waals surface area contributed by atoms with Crippen molar-refractivity contribution in [2.45, 2.75) is 0 Å². The zero-order valence-corrected chi connectivity index (χ0v) is 11.2. The Morgan fingerprint density at radius 2 is 2.15 bits per heavy atom. The van der Waals surface area contributed by atoms with Crippen LogP contribution in [0.4, 0.5) is 5.82 Å². The number of hydrogen-bond donors (Lipinski definition) is 0. The van der Waals surface area contributed by atoms with Crippen molar-refractivity contribution in [2.75, 3.05) is 19.1 Å². The molecule has 1 amide bonds. The fourth-order valence-corrected chi connectivity index (χ4v) is 1.70. The maximum absolute atomic E-state index is 12.3. The summed E-state index contributed by atoms with van der Waals surface area (Å²) in [6.45, 7) is 0. The summed E-state index contributed by atoms with van der Waals surface area (Å²) in [6.07, 6.45) is 1.44. The third-order valence-electron chi connectivity index (χ3n) is 2.84. The highest BCUT2D eigenvalue weighted by atomic mass is 16.5. The van der Waals surface area contributed by atoms with Gasteiger partial charge in [0.1, 0.15) is 17.6 Å². The molecule has 2 rings (SSSR count). The second-order valence-electron chi connectivity index (χ2n) is 4.11. The van der Waals surface area contributed by atoms with Gasteiger partial charge in [-0.15, -0.1) is 0 Å². The number of aromatic nitrogens is 1. The second-order valence-corrected chi connectivity index (χ2v) is 4.11. The molecular weight excluding hydrogens is 254 g/mol. The van der Waals surface area contributed by atoms with E-state index >= 15 is 0 Å². The first-order valence-corrected chi connectivity index (χ1v) is 5.94. The number of methoxy groups -OCH3 is 1. The second kappa shape index (κ2) is 5.85. The minimum Gasteiger partial charge on any atom is -0.497 e. The molecule has 0 fully saturated rings. The standard InChI is InChI=1S/C15H13N3O2/c1-18(14-7-6-11(9-16)10-17-14)15(19)12-4-3-5-13(8-12)20-2/h3-8,10H,1-2H3. The molecule has 20 heavy (non-hydrogen) atoms. The lowest BCUT2D eigenvalue weighted by atomic mass is 10.2. The van der Waals surface area contributed by atoms with Crippen LogP contribution in [-0.4, -0.2) is 25.0 Å². The molecule has 1 aromatic heterocycles. The van der Waals surface area contributed by atoms with Gasteiger partial charge < -0.3 is 4.74 Å². The van der Waals surface area contributed by atoms with Crippen molar-refractivity contribution in [1.82, 2.24) is 4.98 Å². The number of nitriles is 1. The molecule has 0 unspecified atom stereocenters. The molecule has 0 aliphatic carbocycles. The number of anilines is 1. The van der Waals surface area contributed by atoms with Crippen molar-refractivity contribution in [3.05, 3.63) is 53.7 Å². The lowest BCUT2D eigenvalue weighted by molar-refractivity contribution is 0.0992. The van der Waals surface area contributed by atoms with Crippen molar-refractivity contribution in [2.24, 2.45) is 0 Å². The van der Waals surface area contributed by atoms with Crippen LogP contribution < -0.4 is 9.64 Å². The molecule has 0 aliphatic rings. The van der Waals surface area contributed by atoms with E-state index in [0.717, 1.165) is 0 Å². The molecule has 1 aromatic carbocycles. The Hall–Kier alpha value is -2.87. The monoisotopic (exact) mass is 267 g/mol. The van der Waals surface area contributed by atoms with E-state index in [-0.39, 0.29) is 5.91 Å². The van der Waals surface area contributed by atoms with Crippen molar-refractivity contribution in [3.63, 3.8) is 0 Å². The highest BCUT2D eigenvalue weighted by Gasteiger charge is 2.15. The van der Waals surface area contributed by atoms with E-state index in [4.69, 9.17) is 10.00 Å². The molecule has 100 valence electrons. The van der Waals surface area contributed by atoms with Crippen LogP contribution in [0, 0.1) is 11.3 Å². The Morgan fingerprint density at radius 1 is 1.35 bits per heavy atom. The lowest BCUT2D eigenvalue weighted by Crippen LogP contribution is -2.27. The minimum atomic E-state index is -0.193. The maximum Gasteiger partial charge on any atom is 0.259 e. The summed E-state index contributed by atoms with van der Waals surface area (Å²) < 4.78 is 5.10. The molecule has 0 bridgehead atoms. The first-order valence-electron chi connectivity index (χ1n) is 5.94. The number of carbonyl (C=O) groups excluding carboxylic acids is 1. The Kier molecular flexibility index (Phi) is 3.96. The van der Waals surface area contributed by atoms with Crippen molar-refractivity contribution in [1.29, 1.82) is 5.26 Å². The number of amides is 1. The molecule has 0 spiro atoms. The van der Waals surface area contributed by atoms with Crippen LogP contribution in [0.5, 0.6) is 5.75 Å². The van der Waals surface area contributed by atoms with E-state index < -0.39 is 0 Å². The molecule has 0 atom stereocenters. The van der Waals surface area contributed by atoms with Gasteiger partial charge in [-0.3, -0.25) is 9.69 Å². The molecule has 0 saturated carbocycles. The molecule has 0 saturated heterocycles. The van der Waals surface area contributed by atoms with Gasteiger partial charge in [0.05, 0.1) is 12.7 Å². The summed E-state index contributed by atoms with van der Waals surface area (Å²) in [6, 6.07) is 12.2.